The molecule has 29 heavy (non-hydrogen) atoms. The van der Waals surface area contributed by atoms with Crippen LogP contribution in [0.4, 0.5) is 11.6 Å². The first-order valence-electron chi connectivity index (χ1n) is 9.45. The third-order valence-electron chi connectivity index (χ3n) is 4.90. The Morgan fingerprint density at radius 3 is 2.83 bits per heavy atom. The van der Waals surface area contributed by atoms with Gasteiger partial charge in [0, 0.05) is 42.3 Å². The average molecular weight is 382 g/mol. The Balaban J connectivity index is 1.56. The minimum absolute atomic E-state index is 0.0251. The maximum Gasteiger partial charge on any atom is 0.228 e. The second-order valence-electron chi connectivity index (χ2n) is 7.00. The van der Waals surface area contributed by atoms with Crippen LogP contribution in [0.3, 0.4) is 0 Å². The lowest BCUT2D eigenvalue weighted by Gasteiger charge is -2.09. The first kappa shape index (κ1) is 17.2. The van der Waals surface area contributed by atoms with Gasteiger partial charge in [0.05, 0.1) is 11.1 Å². The minimum atomic E-state index is 0.0251. The molecule has 4 aromatic rings. The number of pyridine rings is 3. The zero-order chi connectivity index (χ0) is 19.8. The van der Waals surface area contributed by atoms with E-state index in [2.05, 4.69) is 37.5 Å². The van der Waals surface area contributed by atoms with Crippen molar-refractivity contribution in [3.63, 3.8) is 0 Å². The molecule has 0 radical (unpaired) electrons. The van der Waals surface area contributed by atoms with Crippen LogP contribution in [0.1, 0.15) is 24.1 Å². The fourth-order valence-electron chi connectivity index (χ4n) is 3.21. The van der Waals surface area contributed by atoms with Gasteiger partial charge in [0.15, 0.2) is 0 Å². The van der Waals surface area contributed by atoms with E-state index in [1.165, 1.54) is 0 Å². The molecule has 0 bridgehead atoms. The number of hydrogen-bond donors (Lipinski definition) is 2. The summed E-state index contributed by atoms with van der Waals surface area (Å²) in [5.41, 5.74) is 2.42. The maximum atomic E-state index is 12.1. The van der Waals surface area contributed by atoms with Crippen molar-refractivity contribution in [1.82, 2.24) is 19.6 Å². The van der Waals surface area contributed by atoms with E-state index in [1.54, 1.807) is 16.9 Å². The minimum Gasteiger partial charge on any atom is -0.373 e. The molecule has 1 aliphatic rings. The molecule has 0 spiro atoms. The number of amides is 1. The first-order valence-corrected chi connectivity index (χ1v) is 9.45. The van der Waals surface area contributed by atoms with Crippen molar-refractivity contribution in [3.05, 3.63) is 60.2 Å². The van der Waals surface area contributed by atoms with E-state index in [-0.39, 0.29) is 11.8 Å². The molecule has 5 rings (SSSR count). The number of hydrogen-bond acceptors (Lipinski definition) is 5. The summed E-state index contributed by atoms with van der Waals surface area (Å²) < 4.78 is 1.79. The number of nitrogens with one attached hydrogen (secondary N) is 2. The lowest BCUT2D eigenvalue weighted by atomic mass is 10.1. The van der Waals surface area contributed by atoms with Crippen molar-refractivity contribution in [3.8, 4) is 11.8 Å². The van der Waals surface area contributed by atoms with Crippen LogP contribution < -0.4 is 10.6 Å². The van der Waals surface area contributed by atoms with Crippen LogP contribution in [0.2, 0.25) is 0 Å². The number of carbonyl (C=O) groups excluding carboxylic acids is 1. The highest BCUT2D eigenvalue weighted by atomic mass is 16.2. The van der Waals surface area contributed by atoms with Crippen molar-refractivity contribution >= 4 is 33.8 Å². The largest absolute Gasteiger partial charge is 0.373 e. The molecular formula is C22H18N6O. The summed E-state index contributed by atoms with van der Waals surface area (Å²) >= 11 is 0. The van der Waals surface area contributed by atoms with E-state index < -0.39 is 0 Å². The highest BCUT2D eigenvalue weighted by Gasteiger charge is 2.29. The van der Waals surface area contributed by atoms with Crippen molar-refractivity contribution in [2.45, 2.75) is 12.8 Å². The second kappa shape index (κ2) is 6.91. The molecule has 1 aliphatic carbocycles. The summed E-state index contributed by atoms with van der Waals surface area (Å²) in [5, 5.41) is 12.2. The Morgan fingerprint density at radius 1 is 1.14 bits per heavy atom. The lowest BCUT2D eigenvalue weighted by Crippen LogP contribution is -2.14. The molecule has 0 aromatic carbocycles. The Bertz CT molecular complexity index is 1280. The van der Waals surface area contributed by atoms with Crippen LogP contribution in [0.15, 0.2) is 48.9 Å². The Hall–Kier alpha value is -3.92. The van der Waals surface area contributed by atoms with Gasteiger partial charge in [0.1, 0.15) is 17.3 Å². The fourth-order valence-corrected chi connectivity index (χ4v) is 3.21. The molecule has 1 saturated carbocycles. The topological polar surface area (TPSA) is 84.2 Å². The van der Waals surface area contributed by atoms with Crippen LogP contribution in [-0.4, -0.2) is 32.5 Å². The van der Waals surface area contributed by atoms with E-state index >= 15 is 0 Å². The fraction of sp³-hybridized carbons (Fsp3) is 0.182. The Labute approximate surface area is 167 Å². The van der Waals surface area contributed by atoms with E-state index in [4.69, 9.17) is 0 Å². The van der Waals surface area contributed by atoms with Gasteiger partial charge in [0.2, 0.25) is 5.91 Å². The average Bonchev–Trinajstić information content (AvgIpc) is 3.51. The summed E-state index contributed by atoms with van der Waals surface area (Å²) in [6, 6.07) is 9.67. The van der Waals surface area contributed by atoms with Crippen molar-refractivity contribution in [2.75, 3.05) is 17.7 Å². The first-order chi connectivity index (χ1) is 14.2. The second-order valence-corrected chi connectivity index (χ2v) is 7.00. The number of fused-ring (bicyclic) bond motifs is 2. The van der Waals surface area contributed by atoms with Gasteiger partial charge in [-0.1, -0.05) is 12.0 Å². The van der Waals surface area contributed by atoms with Crippen LogP contribution in [0, 0.1) is 17.8 Å². The van der Waals surface area contributed by atoms with Gasteiger partial charge < -0.3 is 10.6 Å². The molecule has 0 atom stereocenters. The molecule has 1 amide bonds. The van der Waals surface area contributed by atoms with Crippen LogP contribution >= 0.6 is 0 Å². The molecule has 0 aliphatic heterocycles. The lowest BCUT2D eigenvalue weighted by molar-refractivity contribution is -0.117. The zero-order valence-corrected chi connectivity index (χ0v) is 15.8. The van der Waals surface area contributed by atoms with Gasteiger partial charge in [-0.15, -0.1) is 0 Å². The molecule has 4 heterocycles. The van der Waals surface area contributed by atoms with Crippen LogP contribution in [0.5, 0.6) is 0 Å². The van der Waals surface area contributed by atoms with Crippen molar-refractivity contribution < 1.29 is 4.79 Å². The van der Waals surface area contributed by atoms with Crippen molar-refractivity contribution in [2.24, 2.45) is 5.92 Å². The molecule has 4 aromatic heterocycles. The smallest absolute Gasteiger partial charge is 0.228 e. The normalized spacial score (nSPS) is 13.1. The van der Waals surface area contributed by atoms with E-state index in [1.807, 2.05) is 43.6 Å². The molecule has 0 unspecified atom stereocenters. The highest BCUT2D eigenvalue weighted by molar-refractivity contribution is 5.99. The maximum absolute atomic E-state index is 12.1. The SMILES string of the molecule is CNc1ncc(C#Cc2cc3ccccn3n2)c2cc(NC(=O)C3CC3)ncc12. The standard InChI is InChI=1S/C22H18N6O/c1-23-21-19-13-24-20(26-22(29)14-5-6-14)11-18(19)15(12-25-21)7-8-16-10-17-4-2-3-9-28(17)27-16/h2-4,9-14H,5-6H2,1H3,(H,23,25)(H,24,26,29). The number of rotatable bonds is 3. The highest BCUT2D eigenvalue weighted by Crippen LogP contribution is 2.31. The Morgan fingerprint density at radius 2 is 2.03 bits per heavy atom. The van der Waals surface area contributed by atoms with Gasteiger partial charge in [0.25, 0.3) is 0 Å². The van der Waals surface area contributed by atoms with Crippen LogP contribution in [-0.2, 0) is 4.79 Å². The third-order valence-corrected chi connectivity index (χ3v) is 4.90. The van der Waals surface area contributed by atoms with Gasteiger partial charge in [-0.3, -0.25) is 4.79 Å². The van der Waals surface area contributed by atoms with E-state index in [0.717, 1.165) is 34.7 Å². The van der Waals surface area contributed by atoms with Gasteiger partial charge in [-0.05, 0) is 43.0 Å². The predicted octanol–water partition coefficient (Wildman–Crippen LogP) is 3.07. The molecule has 7 heteroatoms. The van der Waals surface area contributed by atoms with Gasteiger partial charge in [-0.2, -0.15) is 5.10 Å². The summed E-state index contributed by atoms with van der Waals surface area (Å²) in [6.45, 7) is 0. The van der Waals surface area contributed by atoms with Gasteiger partial charge in [-0.25, -0.2) is 14.5 Å². The number of carbonyl (C=O) groups is 1. The van der Waals surface area contributed by atoms with E-state index in [9.17, 15) is 4.79 Å². The molecule has 7 nitrogen and oxygen atoms in total. The Kier molecular flexibility index (Phi) is 4.10. The van der Waals surface area contributed by atoms with Crippen LogP contribution in [0.25, 0.3) is 16.3 Å². The quantitative estimate of drug-likeness (QED) is 0.532. The van der Waals surface area contributed by atoms with E-state index in [0.29, 0.717) is 17.3 Å². The number of aromatic nitrogens is 4. The molecule has 2 N–H and O–H groups in total. The molecule has 1 fully saturated rings. The summed E-state index contributed by atoms with van der Waals surface area (Å²) in [5.74, 6) is 7.68. The summed E-state index contributed by atoms with van der Waals surface area (Å²) in [6.07, 6.45) is 7.22. The molecule has 0 saturated heterocycles. The summed E-state index contributed by atoms with van der Waals surface area (Å²) in [4.78, 5) is 20.9. The number of nitrogens with zero attached hydrogens (tertiary/aromatic N) is 4. The molecular weight excluding hydrogens is 364 g/mol. The summed E-state index contributed by atoms with van der Waals surface area (Å²) in [7, 11) is 1.81. The predicted molar refractivity (Wildman–Crippen MR) is 112 cm³/mol. The van der Waals surface area contributed by atoms with Crippen molar-refractivity contribution in [1.29, 1.82) is 0 Å². The number of anilines is 2. The zero-order valence-electron chi connectivity index (χ0n) is 15.8. The van der Waals surface area contributed by atoms with Gasteiger partial charge >= 0.3 is 0 Å². The third kappa shape index (κ3) is 3.36. The monoisotopic (exact) mass is 382 g/mol. The molecule has 142 valence electrons.